The van der Waals surface area contributed by atoms with E-state index in [9.17, 15) is 19.2 Å². The van der Waals surface area contributed by atoms with Gasteiger partial charge in [0.15, 0.2) is 0 Å². The van der Waals surface area contributed by atoms with Crippen molar-refractivity contribution in [2.75, 3.05) is 14.2 Å². The van der Waals surface area contributed by atoms with Gasteiger partial charge in [0.05, 0.1) is 36.7 Å². The second kappa shape index (κ2) is 8.12. The van der Waals surface area contributed by atoms with Crippen molar-refractivity contribution >= 4 is 23.9 Å². The van der Waals surface area contributed by atoms with Crippen molar-refractivity contribution < 1.29 is 33.4 Å². The first kappa shape index (κ1) is 19.6. The molecule has 0 spiro atoms. The molecule has 0 N–H and O–H groups in total. The summed E-state index contributed by atoms with van der Waals surface area (Å²) in [6, 6.07) is 6.05. The van der Waals surface area contributed by atoms with Crippen LogP contribution in [0.3, 0.4) is 0 Å². The van der Waals surface area contributed by atoms with Crippen LogP contribution in [0, 0.1) is 11.3 Å². The Labute approximate surface area is 151 Å². The average molecular weight is 362 g/mol. The maximum atomic E-state index is 11.3. The molecule has 26 heavy (non-hydrogen) atoms. The summed E-state index contributed by atoms with van der Waals surface area (Å²) in [6.07, 6.45) is 3.71. The first-order chi connectivity index (χ1) is 12.3. The highest BCUT2D eigenvalue weighted by molar-refractivity contribution is 5.99. The van der Waals surface area contributed by atoms with Gasteiger partial charge in [-0.05, 0) is 44.0 Å². The van der Waals surface area contributed by atoms with Gasteiger partial charge < -0.3 is 14.2 Å². The minimum atomic E-state index is -0.491. The van der Waals surface area contributed by atoms with Gasteiger partial charge in [-0.3, -0.25) is 9.59 Å². The lowest BCUT2D eigenvalue weighted by molar-refractivity contribution is -0.155. The fourth-order valence-electron chi connectivity index (χ4n) is 3.21. The number of esters is 4. The Morgan fingerprint density at radius 1 is 1.00 bits per heavy atom. The molecular weight excluding hydrogens is 340 g/mol. The Hall–Kier alpha value is -2.70. The monoisotopic (exact) mass is 362 g/mol. The molecule has 0 amide bonds. The van der Waals surface area contributed by atoms with E-state index in [1.54, 1.807) is 0 Å². The number of hydrogen-bond donors (Lipinski definition) is 0. The van der Waals surface area contributed by atoms with Crippen LogP contribution in [0.4, 0.5) is 0 Å². The lowest BCUT2D eigenvalue weighted by Crippen LogP contribution is -2.33. The van der Waals surface area contributed by atoms with Crippen LogP contribution in [0.2, 0.25) is 0 Å². The van der Waals surface area contributed by atoms with E-state index in [4.69, 9.17) is 0 Å². The van der Waals surface area contributed by atoms with Crippen molar-refractivity contribution in [3.05, 3.63) is 35.4 Å². The smallest absolute Gasteiger partial charge is 0.337 e. The minimum Gasteiger partial charge on any atom is -0.465 e. The average Bonchev–Trinajstić information content (AvgIpc) is 2.90. The number of benzene rings is 1. The van der Waals surface area contributed by atoms with E-state index < -0.39 is 17.4 Å². The van der Waals surface area contributed by atoms with Crippen molar-refractivity contribution in [3.8, 4) is 0 Å². The van der Waals surface area contributed by atoms with Crippen LogP contribution in [0.5, 0.6) is 0 Å². The Morgan fingerprint density at radius 3 is 1.92 bits per heavy atom. The molecule has 3 rings (SSSR count). The standard InChI is InChI=1S/C10H10O4.C9H12O3/c1-13-9(11)7-3-5-8(6-4-7)10(12)14-2;1-9-5-3-2-4-6(9)7(10)12-8(9)11/h3-6H,1-2H3;6H,2-5H2,1H3. The minimum absolute atomic E-state index is 0.154. The van der Waals surface area contributed by atoms with Crippen LogP contribution in [-0.2, 0) is 23.8 Å². The number of carbonyl (C=O) groups is 4. The Morgan fingerprint density at radius 2 is 1.50 bits per heavy atom. The molecule has 2 fully saturated rings. The lowest BCUT2D eigenvalue weighted by Gasteiger charge is -2.29. The highest BCUT2D eigenvalue weighted by Gasteiger charge is 2.54. The third-order valence-electron chi connectivity index (χ3n) is 4.88. The first-order valence-electron chi connectivity index (χ1n) is 8.36. The van der Waals surface area contributed by atoms with Gasteiger partial charge in [0.25, 0.3) is 0 Å². The molecule has 140 valence electrons. The summed E-state index contributed by atoms with van der Waals surface area (Å²) in [6.45, 7) is 1.85. The van der Waals surface area contributed by atoms with E-state index in [1.807, 2.05) is 6.92 Å². The van der Waals surface area contributed by atoms with E-state index in [1.165, 1.54) is 38.5 Å². The predicted molar refractivity (Wildman–Crippen MR) is 90.3 cm³/mol. The summed E-state index contributed by atoms with van der Waals surface area (Å²) in [5.41, 5.74) is 0.315. The fourth-order valence-corrected chi connectivity index (χ4v) is 3.21. The van der Waals surface area contributed by atoms with Crippen LogP contribution >= 0.6 is 0 Å². The van der Waals surface area contributed by atoms with Crippen LogP contribution in [-0.4, -0.2) is 38.1 Å². The maximum absolute atomic E-state index is 11.3. The van der Waals surface area contributed by atoms with Gasteiger partial charge >= 0.3 is 23.9 Å². The number of ether oxygens (including phenoxy) is 3. The molecule has 2 unspecified atom stereocenters. The zero-order valence-corrected chi connectivity index (χ0v) is 15.1. The quantitative estimate of drug-likeness (QED) is 0.453. The molecule has 1 aliphatic carbocycles. The molecule has 1 aromatic rings. The Kier molecular flexibility index (Phi) is 6.13. The van der Waals surface area contributed by atoms with Crippen LogP contribution in [0.1, 0.15) is 53.3 Å². The largest absolute Gasteiger partial charge is 0.465 e. The van der Waals surface area contributed by atoms with Crippen molar-refractivity contribution in [3.63, 3.8) is 0 Å². The highest BCUT2D eigenvalue weighted by Crippen LogP contribution is 2.46. The number of methoxy groups -OCH3 is 2. The molecule has 7 nitrogen and oxygen atoms in total. The molecule has 1 saturated heterocycles. The third-order valence-corrected chi connectivity index (χ3v) is 4.88. The SMILES string of the molecule is CC12CCCCC1C(=O)OC2=O.COC(=O)c1ccc(C(=O)OC)cc1. The summed E-state index contributed by atoms with van der Waals surface area (Å²) in [4.78, 5) is 44.5. The zero-order valence-electron chi connectivity index (χ0n) is 15.1. The van der Waals surface area contributed by atoms with Crippen LogP contribution in [0.25, 0.3) is 0 Å². The van der Waals surface area contributed by atoms with E-state index in [0.29, 0.717) is 11.1 Å². The van der Waals surface area contributed by atoms with E-state index in [-0.39, 0.29) is 17.9 Å². The molecule has 1 saturated carbocycles. The van der Waals surface area contributed by atoms with Crippen molar-refractivity contribution in [2.24, 2.45) is 11.3 Å². The number of cyclic esters (lactones) is 2. The fraction of sp³-hybridized carbons (Fsp3) is 0.474. The first-order valence-corrected chi connectivity index (χ1v) is 8.36. The third kappa shape index (κ3) is 3.92. The van der Waals surface area contributed by atoms with Gasteiger partial charge in [-0.25, -0.2) is 9.59 Å². The van der Waals surface area contributed by atoms with Crippen molar-refractivity contribution in [1.82, 2.24) is 0 Å². The molecule has 1 aliphatic heterocycles. The topological polar surface area (TPSA) is 96.0 Å². The summed E-state index contributed by atoms with van der Waals surface area (Å²) in [7, 11) is 2.60. The van der Waals surface area contributed by atoms with Gasteiger partial charge in [0, 0.05) is 0 Å². The molecule has 7 heteroatoms. The summed E-state index contributed by atoms with van der Waals surface area (Å²) < 4.78 is 13.6. The maximum Gasteiger partial charge on any atom is 0.337 e. The molecule has 1 heterocycles. The van der Waals surface area contributed by atoms with Crippen LogP contribution < -0.4 is 0 Å². The van der Waals surface area contributed by atoms with Crippen molar-refractivity contribution in [1.29, 1.82) is 0 Å². The second-order valence-corrected chi connectivity index (χ2v) is 6.48. The molecule has 0 bridgehead atoms. The number of carbonyl (C=O) groups excluding carboxylic acids is 4. The van der Waals surface area contributed by atoms with E-state index in [2.05, 4.69) is 14.2 Å². The summed E-state index contributed by atoms with van der Waals surface area (Å²) in [5, 5.41) is 0. The van der Waals surface area contributed by atoms with Gasteiger partial charge in [0.2, 0.25) is 0 Å². The molecule has 1 aromatic carbocycles. The molecular formula is C19H22O7. The molecule has 2 atom stereocenters. The predicted octanol–water partition coefficient (Wildman–Crippen LogP) is 2.53. The van der Waals surface area contributed by atoms with E-state index in [0.717, 1.165) is 25.7 Å². The number of fused-ring (bicyclic) bond motifs is 1. The Balaban J connectivity index is 0.000000189. The molecule has 0 radical (unpaired) electrons. The number of hydrogen-bond acceptors (Lipinski definition) is 7. The van der Waals surface area contributed by atoms with Gasteiger partial charge in [-0.2, -0.15) is 0 Å². The van der Waals surface area contributed by atoms with Crippen LogP contribution in [0.15, 0.2) is 24.3 Å². The zero-order chi connectivity index (χ0) is 19.3. The van der Waals surface area contributed by atoms with Gasteiger partial charge in [0.1, 0.15) is 0 Å². The second-order valence-electron chi connectivity index (χ2n) is 6.48. The van der Waals surface area contributed by atoms with Gasteiger partial charge in [-0.15, -0.1) is 0 Å². The van der Waals surface area contributed by atoms with E-state index >= 15 is 0 Å². The highest BCUT2D eigenvalue weighted by atomic mass is 16.6. The molecule has 0 aromatic heterocycles. The normalized spacial score (nSPS) is 23.9. The lowest BCUT2D eigenvalue weighted by atomic mass is 9.69. The van der Waals surface area contributed by atoms with Crippen molar-refractivity contribution in [2.45, 2.75) is 32.6 Å². The summed E-state index contributed by atoms with van der Waals surface area (Å²) in [5.74, 6) is -1.62. The Bertz CT molecular complexity index is 672. The number of rotatable bonds is 2. The summed E-state index contributed by atoms with van der Waals surface area (Å²) >= 11 is 0. The molecule has 2 aliphatic rings. The van der Waals surface area contributed by atoms with Gasteiger partial charge in [-0.1, -0.05) is 12.8 Å².